The first kappa shape index (κ1) is 17.4. The first-order valence-corrected chi connectivity index (χ1v) is 8.61. The molecule has 0 radical (unpaired) electrons. The number of anilines is 1. The Labute approximate surface area is 143 Å². The second-order valence-electron chi connectivity index (χ2n) is 4.91. The molecule has 0 spiro atoms. The van der Waals surface area contributed by atoms with Gasteiger partial charge in [0.25, 0.3) is 0 Å². The maximum absolute atomic E-state index is 12.1. The number of carbonyl (C=O) groups is 1. The van der Waals surface area contributed by atoms with Crippen LogP contribution in [0.15, 0.2) is 24.5 Å². The zero-order chi connectivity index (χ0) is 16.7. The molecule has 0 N–H and O–H groups in total. The monoisotopic (exact) mass is 381 g/mol. The van der Waals surface area contributed by atoms with Gasteiger partial charge in [-0.05, 0) is 18.6 Å². The maximum atomic E-state index is 12.1. The van der Waals surface area contributed by atoms with Gasteiger partial charge in [0.15, 0.2) is 5.82 Å². The molecule has 1 amide bonds. The average Bonchev–Trinajstić information content (AvgIpc) is 2.99. The second kappa shape index (κ2) is 8.61. The van der Waals surface area contributed by atoms with E-state index in [1.165, 1.54) is 4.90 Å². The molecule has 2 aromatic heterocycles. The number of hydrogen-bond acceptors (Lipinski definition) is 5. The number of carbonyl (C=O) groups excluding carboxylic acids is 1. The number of hydrogen-bond donors (Lipinski definition) is 0. The molecule has 0 saturated carbocycles. The summed E-state index contributed by atoms with van der Waals surface area (Å²) >= 11 is 3.39. The fraction of sp³-hybridized carbons (Fsp3) is 0.467. The molecule has 0 atom stereocenters. The lowest BCUT2D eigenvalue weighted by Crippen LogP contribution is -2.30. The van der Waals surface area contributed by atoms with Crippen LogP contribution < -0.4 is 4.90 Å². The molecule has 0 bridgehead atoms. The predicted octanol–water partition coefficient (Wildman–Crippen LogP) is 3.11. The minimum atomic E-state index is -0.428. The Balaban J connectivity index is 2.22. The zero-order valence-electron chi connectivity index (χ0n) is 13.3. The molecule has 0 aliphatic heterocycles. The van der Waals surface area contributed by atoms with Gasteiger partial charge in [-0.25, -0.2) is 14.4 Å². The van der Waals surface area contributed by atoms with Crippen molar-refractivity contribution in [2.24, 2.45) is 0 Å². The molecule has 0 aromatic carbocycles. The van der Waals surface area contributed by atoms with Crippen LogP contribution in [0.3, 0.4) is 0 Å². The lowest BCUT2D eigenvalue weighted by Gasteiger charge is -2.16. The first-order chi connectivity index (χ1) is 11.2. The van der Waals surface area contributed by atoms with Crippen molar-refractivity contribution in [2.75, 3.05) is 23.9 Å². The van der Waals surface area contributed by atoms with Crippen molar-refractivity contribution in [3.63, 3.8) is 0 Å². The van der Waals surface area contributed by atoms with Crippen molar-refractivity contribution in [3.8, 4) is 11.4 Å². The van der Waals surface area contributed by atoms with Gasteiger partial charge in [-0.3, -0.25) is 4.98 Å². The number of pyridine rings is 1. The van der Waals surface area contributed by atoms with Gasteiger partial charge >= 0.3 is 6.09 Å². The van der Waals surface area contributed by atoms with Gasteiger partial charge < -0.3 is 4.74 Å². The number of nitrogens with zero attached hydrogens (tertiary/aromatic N) is 5. The summed E-state index contributed by atoms with van der Waals surface area (Å²) in [5, 5.41) is 5.17. The van der Waals surface area contributed by atoms with Crippen LogP contribution in [0.5, 0.6) is 0 Å². The third kappa shape index (κ3) is 4.51. The van der Waals surface area contributed by atoms with Crippen LogP contribution in [0.1, 0.15) is 19.8 Å². The number of unbranched alkanes of at least 4 members (excludes halogenated alkanes) is 1. The fourth-order valence-electron chi connectivity index (χ4n) is 1.92. The Bertz CT molecular complexity index is 632. The van der Waals surface area contributed by atoms with Crippen LogP contribution >= 0.6 is 15.9 Å². The summed E-state index contributed by atoms with van der Waals surface area (Å²) in [6, 6.07) is 3.66. The van der Waals surface area contributed by atoms with Crippen molar-refractivity contribution >= 4 is 28.0 Å². The molecule has 124 valence electrons. The van der Waals surface area contributed by atoms with Crippen molar-refractivity contribution in [1.29, 1.82) is 0 Å². The molecule has 7 nitrogen and oxygen atoms in total. The smallest absolute Gasteiger partial charge is 0.416 e. The minimum absolute atomic E-state index is 0.406. The van der Waals surface area contributed by atoms with Crippen LogP contribution in [0, 0.1) is 0 Å². The molecular formula is C15H20BrN5O2. The highest BCUT2D eigenvalue weighted by atomic mass is 79.9. The molecule has 0 unspecified atom stereocenters. The highest BCUT2D eigenvalue weighted by Crippen LogP contribution is 2.19. The Morgan fingerprint density at radius 2 is 2.13 bits per heavy atom. The van der Waals surface area contributed by atoms with Gasteiger partial charge in [0.1, 0.15) is 0 Å². The number of halogens is 1. The zero-order valence-corrected chi connectivity index (χ0v) is 14.9. The van der Waals surface area contributed by atoms with E-state index in [2.05, 4.69) is 31.0 Å². The van der Waals surface area contributed by atoms with Crippen LogP contribution in [-0.2, 0) is 11.3 Å². The Morgan fingerprint density at radius 1 is 1.39 bits per heavy atom. The number of rotatable bonds is 7. The minimum Gasteiger partial charge on any atom is -0.449 e. The Morgan fingerprint density at radius 3 is 2.78 bits per heavy atom. The van der Waals surface area contributed by atoms with Crippen LogP contribution in [0.4, 0.5) is 10.7 Å². The number of aromatic nitrogens is 4. The number of amides is 1. The number of ether oxygens (including phenoxy) is 1. The third-order valence-corrected chi connectivity index (χ3v) is 3.54. The Kier molecular flexibility index (Phi) is 6.52. The normalized spacial score (nSPS) is 10.6. The van der Waals surface area contributed by atoms with Gasteiger partial charge in [-0.15, -0.1) is 5.10 Å². The molecule has 8 heteroatoms. The third-order valence-electron chi connectivity index (χ3n) is 3.18. The second-order valence-corrected chi connectivity index (χ2v) is 5.70. The van der Waals surface area contributed by atoms with E-state index in [0.717, 1.165) is 18.4 Å². The quantitative estimate of drug-likeness (QED) is 0.544. The lowest BCUT2D eigenvalue weighted by atomic mass is 10.3. The topological polar surface area (TPSA) is 73.1 Å². The van der Waals surface area contributed by atoms with E-state index in [0.29, 0.717) is 30.3 Å². The molecular weight excluding hydrogens is 362 g/mol. The largest absolute Gasteiger partial charge is 0.449 e. The first-order valence-electron chi connectivity index (χ1n) is 7.49. The van der Waals surface area contributed by atoms with Crippen molar-refractivity contribution in [2.45, 2.75) is 26.3 Å². The van der Waals surface area contributed by atoms with Crippen molar-refractivity contribution in [1.82, 2.24) is 19.7 Å². The van der Waals surface area contributed by atoms with E-state index in [1.54, 1.807) is 24.1 Å². The van der Waals surface area contributed by atoms with E-state index in [-0.39, 0.29) is 0 Å². The lowest BCUT2D eigenvalue weighted by molar-refractivity contribution is 0.153. The van der Waals surface area contributed by atoms with Gasteiger partial charge in [0.05, 0.1) is 13.2 Å². The van der Waals surface area contributed by atoms with E-state index in [4.69, 9.17) is 4.74 Å². The predicted molar refractivity (Wildman–Crippen MR) is 91.7 cm³/mol. The Hall–Kier alpha value is -1.96. The van der Waals surface area contributed by atoms with Crippen LogP contribution in [0.2, 0.25) is 0 Å². The van der Waals surface area contributed by atoms with Gasteiger partial charge in [0.2, 0.25) is 5.95 Å². The molecule has 0 fully saturated rings. The highest BCUT2D eigenvalue weighted by molar-refractivity contribution is 9.09. The summed E-state index contributed by atoms with van der Waals surface area (Å²) < 4.78 is 6.92. The molecule has 0 aliphatic carbocycles. The number of aryl methyl sites for hydroxylation is 1. The van der Waals surface area contributed by atoms with Crippen LogP contribution in [0.25, 0.3) is 11.4 Å². The maximum Gasteiger partial charge on any atom is 0.416 e. The summed E-state index contributed by atoms with van der Waals surface area (Å²) in [6.45, 7) is 3.05. The van der Waals surface area contributed by atoms with Gasteiger partial charge in [-0.1, -0.05) is 29.3 Å². The molecule has 0 aliphatic rings. The highest BCUT2D eigenvalue weighted by Gasteiger charge is 2.20. The van der Waals surface area contributed by atoms with Crippen molar-refractivity contribution in [3.05, 3.63) is 24.5 Å². The van der Waals surface area contributed by atoms with Crippen molar-refractivity contribution < 1.29 is 9.53 Å². The SMILES string of the molecule is CCCCOC(=O)N(C)c1nc(-c2ccncc2)nn1CCBr. The number of alkyl halides is 1. The van der Waals surface area contributed by atoms with E-state index < -0.39 is 6.09 Å². The molecule has 23 heavy (non-hydrogen) atoms. The molecule has 2 heterocycles. The summed E-state index contributed by atoms with van der Waals surface area (Å²) in [6.07, 6.45) is 4.76. The molecule has 0 saturated heterocycles. The van der Waals surface area contributed by atoms with Gasteiger partial charge in [-0.2, -0.15) is 4.98 Å². The standard InChI is InChI=1S/C15H20BrN5O2/c1-3-4-11-23-15(22)20(2)14-18-13(19-21(14)10-7-16)12-5-8-17-9-6-12/h5-6,8-9H,3-4,7,10-11H2,1-2H3. The molecule has 2 rings (SSSR count). The van der Waals surface area contributed by atoms with Gasteiger partial charge in [0, 0.05) is 30.3 Å². The summed E-state index contributed by atoms with van der Waals surface area (Å²) in [7, 11) is 1.64. The summed E-state index contributed by atoms with van der Waals surface area (Å²) in [4.78, 5) is 22.0. The van der Waals surface area contributed by atoms with Crippen LogP contribution in [-0.4, -0.2) is 44.8 Å². The van der Waals surface area contributed by atoms with E-state index in [1.807, 2.05) is 19.1 Å². The van der Waals surface area contributed by atoms with E-state index >= 15 is 0 Å². The summed E-state index contributed by atoms with van der Waals surface area (Å²) in [5.41, 5.74) is 0.849. The average molecular weight is 382 g/mol. The van der Waals surface area contributed by atoms with E-state index in [9.17, 15) is 4.79 Å². The molecule has 2 aromatic rings. The fourth-order valence-corrected chi connectivity index (χ4v) is 2.25. The summed E-state index contributed by atoms with van der Waals surface area (Å²) in [5.74, 6) is 1.01.